The molecule has 0 amide bonds. The SMILES string of the molecule is COC(=O)C=Cc1ccc2c(c1)[C@H](C(=O)OC)[C@H](c1ccc(OCc3ccccc3)cc1)O2. The summed E-state index contributed by atoms with van der Waals surface area (Å²) in [5.41, 5.74) is 3.38. The van der Waals surface area contributed by atoms with Crippen molar-refractivity contribution in [2.75, 3.05) is 14.2 Å². The van der Waals surface area contributed by atoms with Crippen LogP contribution in [0.5, 0.6) is 11.5 Å². The molecule has 0 N–H and O–H groups in total. The lowest BCUT2D eigenvalue weighted by Crippen LogP contribution is -2.20. The van der Waals surface area contributed by atoms with Gasteiger partial charge in [0.05, 0.1) is 14.2 Å². The molecule has 0 spiro atoms. The third-order valence-electron chi connectivity index (χ3n) is 5.45. The van der Waals surface area contributed by atoms with Crippen LogP contribution in [0.25, 0.3) is 6.08 Å². The van der Waals surface area contributed by atoms with Gasteiger partial charge in [0.15, 0.2) is 0 Å². The van der Waals surface area contributed by atoms with Crippen LogP contribution in [0.4, 0.5) is 0 Å². The van der Waals surface area contributed by atoms with Crippen molar-refractivity contribution in [3.05, 3.63) is 101 Å². The maximum atomic E-state index is 12.7. The van der Waals surface area contributed by atoms with Crippen molar-refractivity contribution in [1.82, 2.24) is 0 Å². The predicted molar refractivity (Wildman–Crippen MR) is 123 cm³/mol. The van der Waals surface area contributed by atoms with E-state index >= 15 is 0 Å². The molecule has 0 unspecified atom stereocenters. The standard InChI is InChI=1S/C27H24O6/c1-30-24(28)15-9-18-8-14-23-22(16-18)25(27(29)31-2)26(33-23)20-10-12-21(13-11-20)32-17-19-6-4-3-5-7-19/h3-16,25-26H,17H2,1-2H3/t25-,26-/m0/s1. The molecule has 0 bridgehead atoms. The second-order valence-electron chi connectivity index (χ2n) is 7.54. The second-order valence-corrected chi connectivity index (χ2v) is 7.54. The van der Waals surface area contributed by atoms with E-state index in [0.717, 1.165) is 22.4 Å². The highest BCUT2D eigenvalue weighted by Crippen LogP contribution is 2.47. The van der Waals surface area contributed by atoms with Crippen molar-refractivity contribution in [2.45, 2.75) is 18.6 Å². The fourth-order valence-corrected chi connectivity index (χ4v) is 3.75. The number of hydrogen-bond acceptors (Lipinski definition) is 6. The van der Waals surface area contributed by atoms with E-state index < -0.39 is 24.0 Å². The molecule has 2 atom stereocenters. The van der Waals surface area contributed by atoms with Crippen LogP contribution in [0.3, 0.4) is 0 Å². The number of hydrogen-bond donors (Lipinski definition) is 0. The van der Waals surface area contributed by atoms with Gasteiger partial charge in [-0.2, -0.15) is 0 Å². The Kier molecular flexibility index (Phi) is 6.74. The summed E-state index contributed by atoms with van der Waals surface area (Å²) in [5.74, 6) is -0.147. The smallest absolute Gasteiger partial charge is 0.330 e. The van der Waals surface area contributed by atoms with Crippen molar-refractivity contribution in [3.63, 3.8) is 0 Å². The van der Waals surface area contributed by atoms with Crippen molar-refractivity contribution in [1.29, 1.82) is 0 Å². The maximum Gasteiger partial charge on any atom is 0.330 e. The summed E-state index contributed by atoms with van der Waals surface area (Å²) in [5, 5.41) is 0. The molecule has 168 valence electrons. The van der Waals surface area contributed by atoms with E-state index in [1.54, 1.807) is 12.1 Å². The summed E-state index contributed by atoms with van der Waals surface area (Å²) >= 11 is 0. The molecule has 33 heavy (non-hydrogen) atoms. The molecule has 6 heteroatoms. The van der Waals surface area contributed by atoms with E-state index in [1.165, 1.54) is 20.3 Å². The average molecular weight is 444 g/mol. The van der Waals surface area contributed by atoms with E-state index in [1.807, 2.05) is 66.7 Å². The number of esters is 2. The van der Waals surface area contributed by atoms with Crippen LogP contribution in [-0.4, -0.2) is 26.2 Å². The topological polar surface area (TPSA) is 71.1 Å². The van der Waals surface area contributed by atoms with E-state index in [9.17, 15) is 9.59 Å². The average Bonchev–Trinajstić information content (AvgIpc) is 3.25. The third kappa shape index (κ3) is 5.06. The van der Waals surface area contributed by atoms with Gasteiger partial charge in [-0.3, -0.25) is 4.79 Å². The number of carbonyl (C=O) groups excluding carboxylic acids is 2. The number of fused-ring (bicyclic) bond motifs is 1. The molecule has 0 aromatic heterocycles. The lowest BCUT2D eigenvalue weighted by atomic mass is 9.90. The Bertz CT molecular complexity index is 1150. The molecule has 1 heterocycles. The normalized spacial score (nSPS) is 16.7. The van der Waals surface area contributed by atoms with Crippen LogP contribution in [-0.2, 0) is 25.7 Å². The molecule has 3 aromatic carbocycles. The van der Waals surface area contributed by atoms with Crippen LogP contribution < -0.4 is 9.47 Å². The van der Waals surface area contributed by atoms with Crippen molar-refractivity contribution < 1.29 is 28.5 Å². The van der Waals surface area contributed by atoms with Gasteiger partial charge >= 0.3 is 11.9 Å². The maximum absolute atomic E-state index is 12.7. The van der Waals surface area contributed by atoms with E-state index in [-0.39, 0.29) is 0 Å². The third-order valence-corrected chi connectivity index (χ3v) is 5.45. The Morgan fingerprint density at radius 2 is 1.70 bits per heavy atom. The first kappa shape index (κ1) is 22.1. The van der Waals surface area contributed by atoms with Crippen molar-refractivity contribution in [2.24, 2.45) is 0 Å². The van der Waals surface area contributed by atoms with E-state index in [0.29, 0.717) is 17.9 Å². The fourth-order valence-electron chi connectivity index (χ4n) is 3.75. The van der Waals surface area contributed by atoms with Gasteiger partial charge in [0, 0.05) is 11.6 Å². The number of carbonyl (C=O) groups is 2. The molecule has 0 aliphatic carbocycles. The summed E-state index contributed by atoms with van der Waals surface area (Å²) in [7, 11) is 2.68. The fraction of sp³-hybridized carbons (Fsp3) is 0.185. The summed E-state index contributed by atoms with van der Waals surface area (Å²) in [6.45, 7) is 0.470. The molecule has 1 aliphatic heterocycles. The Balaban J connectivity index is 1.54. The summed E-state index contributed by atoms with van der Waals surface area (Å²) in [6, 6.07) is 22.9. The van der Waals surface area contributed by atoms with Gasteiger partial charge in [-0.05, 0) is 47.0 Å². The molecular weight excluding hydrogens is 420 g/mol. The van der Waals surface area contributed by atoms with E-state index in [2.05, 4.69) is 4.74 Å². The lowest BCUT2D eigenvalue weighted by Gasteiger charge is -2.18. The molecule has 0 saturated heterocycles. The number of rotatable bonds is 7. The first-order valence-electron chi connectivity index (χ1n) is 10.5. The minimum Gasteiger partial charge on any atom is -0.489 e. The van der Waals surface area contributed by atoms with Gasteiger partial charge in [-0.15, -0.1) is 0 Å². The molecule has 1 aliphatic rings. The molecule has 6 nitrogen and oxygen atoms in total. The Hall–Kier alpha value is -4.06. The zero-order valence-electron chi connectivity index (χ0n) is 18.4. The molecule has 4 rings (SSSR count). The highest BCUT2D eigenvalue weighted by atomic mass is 16.5. The Morgan fingerprint density at radius 1 is 0.939 bits per heavy atom. The van der Waals surface area contributed by atoms with Crippen LogP contribution in [0, 0.1) is 0 Å². The number of ether oxygens (including phenoxy) is 4. The minimum absolute atomic E-state index is 0.391. The van der Waals surface area contributed by atoms with Gasteiger partial charge in [0.1, 0.15) is 30.1 Å². The van der Waals surface area contributed by atoms with Crippen LogP contribution in [0.1, 0.15) is 34.3 Å². The van der Waals surface area contributed by atoms with Gasteiger partial charge in [0.25, 0.3) is 0 Å². The molecule has 0 saturated carbocycles. The van der Waals surface area contributed by atoms with Crippen molar-refractivity contribution in [3.8, 4) is 11.5 Å². The van der Waals surface area contributed by atoms with Gasteiger partial charge < -0.3 is 18.9 Å². The first-order valence-corrected chi connectivity index (χ1v) is 10.5. The highest BCUT2D eigenvalue weighted by Gasteiger charge is 2.41. The zero-order chi connectivity index (χ0) is 23.2. The first-order chi connectivity index (χ1) is 16.1. The number of methoxy groups -OCH3 is 2. The van der Waals surface area contributed by atoms with Crippen LogP contribution in [0.2, 0.25) is 0 Å². The predicted octanol–water partition coefficient (Wildman–Crippen LogP) is 4.84. The van der Waals surface area contributed by atoms with Crippen LogP contribution in [0.15, 0.2) is 78.9 Å². The van der Waals surface area contributed by atoms with Gasteiger partial charge in [-0.25, -0.2) is 4.79 Å². The number of benzene rings is 3. The summed E-state index contributed by atoms with van der Waals surface area (Å²) in [4.78, 5) is 24.1. The highest BCUT2D eigenvalue weighted by molar-refractivity contribution is 5.87. The van der Waals surface area contributed by atoms with E-state index in [4.69, 9.17) is 14.2 Å². The largest absolute Gasteiger partial charge is 0.489 e. The molecule has 3 aromatic rings. The van der Waals surface area contributed by atoms with Gasteiger partial charge in [-0.1, -0.05) is 48.5 Å². The Labute approximate surface area is 192 Å². The van der Waals surface area contributed by atoms with Crippen LogP contribution >= 0.6 is 0 Å². The molecule has 0 radical (unpaired) electrons. The second kappa shape index (κ2) is 10.0. The molecule has 0 fully saturated rings. The monoisotopic (exact) mass is 444 g/mol. The lowest BCUT2D eigenvalue weighted by molar-refractivity contribution is -0.144. The molecular formula is C27H24O6. The van der Waals surface area contributed by atoms with Gasteiger partial charge in [0.2, 0.25) is 0 Å². The quantitative estimate of drug-likeness (QED) is 0.384. The Morgan fingerprint density at radius 3 is 2.39 bits per heavy atom. The summed E-state index contributed by atoms with van der Waals surface area (Å²) < 4.78 is 21.7. The summed E-state index contributed by atoms with van der Waals surface area (Å²) in [6.07, 6.45) is 2.43. The minimum atomic E-state index is -0.632. The van der Waals surface area contributed by atoms with Crippen molar-refractivity contribution >= 4 is 18.0 Å². The zero-order valence-corrected chi connectivity index (χ0v) is 18.4.